The van der Waals surface area contributed by atoms with Crippen molar-refractivity contribution in [3.8, 4) is 5.75 Å². The van der Waals surface area contributed by atoms with E-state index in [0.29, 0.717) is 16.5 Å². The molecule has 7 heteroatoms. The number of anilines is 1. The summed E-state index contributed by atoms with van der Waals surface area (Å²) in [4.78, 5) is 22.6. The zero-order valence-corrected chi connectivity index (χ0v) is 13.0. The molecule has 0 aliphatic carbocycles. The quantitative estimate of drug-likeness (QED) is 0.876. The summed E-state index contributed by atoms with van der Waals surface area (Å²) in [5.74, 6) is -0.752. The first-order valence-corrected chi connectivity index (χ1v) is 7.06. The second-order valence-electron chi connectivity index (χ2n) is 4.64. The number of urea groups is 1. The van der Waals surface area contributed by atoms with Gasteiger partial charge in [-0.2, -0.15) is 0 Å². The van der Waals surface area contributed by atoms with Crippen molar-refractivity contribution in [2.75, 3.05) is 12.4 Å². The molecule has 0 saturated heterocycles. The number of carboxylic acid groups (broad SMARTS) is 1. The number of amides is 2. The van der Waals surface area contributed by atoms with Crippen molar-refractivity contribution in [2.24, 2.45) is 0 Å². The molecule has 0 atom stereocenters. The zero-order chi connectivity index (χ0) is 16.8. The molecule has 2 aromatic rings. The molecule has 0 bridgehead atoms. The minimum absolute atomic E-state index is 0.0851. The Morgan fingerprint density at radius 1 is 1.17 bits per heavy atom. The van der Waals surface area contributed by atoms with Crippen LogP contribution < -0.4 is 20.5 Å². The van der Waals surface area contributed by atoms with E-state index in [9.17, 15) is 14.7 Å². The van der Waals surface area contributed by atoms with Crippen molar-refractivity contribution >= 4 is 29.3 Å². The maximum absolute atomic E-state index is 11.9. The number of carbonyl (C=O) groups excluding carboxylic acids is 2. The van der Waals surface area contributed by atoms with Crippen LogP contribution in [0.4, 0.5) is 10.5 Å². The van der Waals surface area contributed by atoms with Crippen LogP contribution >= 0.6 is 11.6 Å². The van der Waals surface area contributed by atoms with Crippen molar-refractivity contribution in [1.29, 1.82) is 0 Å². The molecule has 2 amide bonds. The molecular weight excluding hydrogens is 320 g/mol. The van der Waals surface area contributed by atoms with Crippen LogP contribution in [0.1, 0.15) is 15.9 Å². The predicted molar refractivity (Wildman–Crippen MR) is 84.6 cm³/mol. The van der Waals surface area contributed by atoms with Crippen LogP contribution in [0.3, 0.4) is 0 Å². The minimum Gasteiger partial charge on any atom is -0.545 e. The van der Waals surface area contributed by atoms with Gasteiger partial charge in [0.2, 0.25) is 0 Å². The van der Waals surface area contributed by atoms with Gasteiger partial charge in [0.05, 0.1) is 18.8 Å². The Bertz CT molecular complexity index is 717. The standard InChI is InChI=1S/C16H15ClN2O4/c1-23-14-7-6-12(17)8-13(14)19-16(22)18-9-10-2-4-11(5-3-10)15(20)21/h2-8H,9H2,1H3,(H,20,21)(H2,18,19,22)/p-1. The van der Waals surface area contributed by atoms with Crippen molar-refractivity contribution in [3.05, 3.63) is 58.6 Å². The normalized spacial score (nSPS) is 10.0. The van der Waals surface area contributed by atoms with Gasteiger partial charge in [-0.3, -0.25) is 0 Å². The van der Waals surface area contributed by atoms with Crippen LogP contribution in [-0.4, -0.2) is 19.1 Å². The Balaban J connectivity index is 1.95. The van der Waals surface area contributed by atoms with Gasteiger partial charge in [-0.25, -0.2) is 4.79 Å². The largest absolute Gasteiger partial charge is 0.545 e. The van der Waals surface area contributed by atoms with Crippen molar-refractivity contribution in [3.63, 3.8) is 0 Å². The van der Waals surface area contributed by atoms with Crippen LogP contribution in [0.15, 0.2) is 42.5 Å². The molecule has 0 aliphatic rings. The Morgan fingerprint density at radius 2 is 1.87 bits per heavy atom. The van der Waals surface area contributed by atoms with Crippen molar-refractivity contribution < 1.29 is 19.4 Å². The number of nitrogens with one attached hydrogen (secondary N) is 2. The molecule has 23 heavy (non-hydrogen) atoms. The van der Waals surface area contributed by atoms with Gasteiger partial charge < -0.3 is 25.3 Å². The predicted octanol–water partition coefficient (Wildman–Crippen LogP) is 2.03. The van der Waals surface area contributed by atoms with Crippen molar-refractivity contribution in [1.82, 2.24) is 5.32 Å². The average molecular weight is 334 g/mol. The van der Waals surface area contributed by atoms with Gasteiger partial charge in [-0.15, -0.1) is 0 Å². The van der Waals surface area contributed by atoms with E-state index in [1.54, 1.807) is 30.3 Å². The summed E-state index contributed by atoms with van der Waals surface area (Å²) < 4.78 is 5.14. The van der Waals surface area contributed by atoms with E-state index in [1.165, 1.54) is 19.2 Å². The van der Waals surface area contributed by atoms with E-state index in [0.717, 1.165) is 5.56 Å². The highest BCUT2D eigenvalue weighted by molar-refractivity contribution is 6.31. The first-order chi connectivity index (χ1) is 11.0. The highest BCUT2D eigenvalue weighted by Crippen LogP contribution is 2.27. The number of hydrogen-bond acceptors (Lipinski definition) is 4. The third-order valence-corrected chi connectivity index (χ3v) is 3.29. The van der Waals surface area contributed by atoms with Gasteiger partial charge in [0.1, 0.15) is 5.75 Å². The summed E-state index contributed by atoms with van der Waals surface area (Å²) in [5.41, 5.74) is 1.29. The van der Waals surface area contributed by atoms with Gasteiger partial charge in [0.15, 0.2) is 0 Å². The second-order valence-corrected chi connectivity index (χ2v) is 5.07. The fraction of sp³-hybridized carbons (Fsp3) is 0.125. The van der Waals surface area contributed by atoms with Gasteiger partial charge in [0, 0.05) is 11.6 Å². The molecular formula is C16H14ClN2O4-. The fourth-order valence-corrected chi connectivity index (χ4v) is 2.06. The SMILES string of the molecule is COc1ccc(Cl)cc1NC(=O)NCc1ccc(C(=O)[O-])cc1. The number of methoxy groups -OCH3 is 1. The van der Waals surface area contributed by atoms with E-state index in [4.69, 9.17) is 16.3 Å². The summed E-state index contributed by atoms with van der Waals surface area (Å²) >= 11 is 5.89. The summed E-state index contributed by atoms with van der Waals surface area (Å²) in [6.07, 6.45) is 0. The number of hydrogen-bond donors (Lipinski definition) is 2. The molecule has 0 fully saturated rings. The maximum Gasteiger partial charge on any atom is 0.319 e. The molecule has 0 unspecified atom stereocenters. The lowest BCUT2D eigenvalue weighted by Crippen LogP contribution is -2.28. The van der Waals surface area contributed by atoms with Crippen LogP contribution in [0.2, 0.25) is 5.02 Å². The Kier molecular flexibility index (Phi) is 5.43. The minimum atomic E-state index is -1.24. The first-order valence-electron chi connectivity index (χ1n) is 6.68. The molecule has 0 heterocycles. The van der Waals surface area contributed by atoms with Crippen molar-refractivity contribution in [2.45, 2.75) is 6.54 Å². The molecule has 6 nitrogen and oxygen atoms in total. The second kappa shape index (κ2) is 7.51. The Morgan fingerprint density at radius 3 is 2.48 bits per heavy atom. The van der Waals surface area contributed by atoms with Gasteiger partial charge >= 0.3 is 6.03 Å². The highest BCUT2D eigenvalue weighted by atomic mass is 35.5. The molecule has 0 aliphatic heterocycles. The molecule has 0 radical (unpaired) electrons. The summed E-state index contributed by atoms with van der Waals surface area (Å²) in [6, 6.07) is 10.5. The van der Waals surface area contributed by atoms with E-state index in [-0.39, 0.29) is 12.1 Å². The monoisotopic (exact) mass is 333 g/mol. The molecule has 120 valence electrons. The molecule has 2 N–H and O–H groups in total. The Hall–Kier alpha value is -2.73. The summed E-state index contributed by atoms with van der Waals surface area (Å²) in [5, 5.41) is 16.4. The van der Waals surface area contributed by atoms with Gasteiger partial charge in [-0.1, -0.05) is 35.9 Å². The fourth-order valence-electron chi connectivity index (χ4n) is 1.89. The number of ether oxygens (including phenoxy) is 1. The van der Waals surface area contributed by atoms with Crippen LogP contribution in [0, 0.1) is 0 Å². The van der Waals surface area contributed by atoms with E-state index in [1.807, 2.05) is 0 Å². The Labute approximate surface area is 138 Å². The molecule has 0 aromatic heterocycles. The number of rotatable bonds is 5. The number of carbonyl (C=O) groups is 2. The number of carboxylic acids is 1. The van der Waals surface area contributed by atoms with Crippen LogP contribution in [-0.2, 0) is 6.54 Å². The summed E-state index contributed by atoms with van der Waals surface area (Å²) in [6.45, 7) is 0.238. The van der Waals surface area contributed by atoms with E-state index < -0.39 is 12.0 Å². The lowest BCUT2D eigenvalue weighted by molar-refractivity contribution is -0.255. The zero-order valence-electron chi connectivity index (χ0n) is 12.3. The smallest absolute Gasteiger partial charge is 0.319 e. The molecule has 2 rings (SSSR count). The topological polar surface area (TPSA) is 90.5 Å². The summed E-state index contributed by atoms with van der Waals surface area (Å²) in [7, 11) is 1.49. The lowest BCUT2D eigenvalue weighted by Gasteiger charge is -2.12. The maximum atomic E-state index is 11.9. The molecule has 2 aromatic carbocycles. The number of benzene rings is 2. The third-order valence-electron chi connectivity index (χ3n) is 3.05. The molecule has 0 saturated carbocycles. The number of halogens is 1. The van der Waals surface area contributed by atoms with Gasteiger partial charge in [-0.05, 0) is 29.3 Å². The third kappa shape index (κ3) is 4.62. The van der Waals surface area contributed by atoms with E-state index >= 15 is 0 Å². The van der Waals surface area contributed by atoms with Crippen LogP contribution in [0.25, 0.3) is 0 Å². The van der Waals surface area contributed by atoms with E-state index in [2.05, 4.69) is 10.6 Å². The first kappa shape index (κ1) is 16.6. The van der Waals surface area contributed by atoms with Gasteiger partial charge in [0.25, 0.3) is 0 Å². The van der Waals surface area contributed by atoms with Crippen LogP contribution in [0.5, 0.6) is 5.75 Å². The lowest BCUT2D eigenvalue weighted by atomic mass is 10.1. The average Bonchev–Trinajstić information content (AvgIpc) is 2.53. The molecule has 0 spiro atoms. The number of aromatic carboxylic acids is 1. The highest BCUT2D eigenvalue weighted by Gasteiger charge is 2.08.